The van der Waals surface area contributed by atoms with Crippen molar-refractivity contribution < 1.29 is 10.1 Å². The number of nitrogens with one attached hydrogen (secondary N) is 1. The predicted octanol–water partition coefficient (Wildman–Crippen LogP) is 2.66. The lowest BCUT2D eigenvalue weighted by molar-refractivity contribution is -0.676. The van der Waals surface area contributed by atoms with Crippen LogP contribution in [0.4, 0.5) is 0 Å². The van der Waals surface area contributed by atoms with Gasteiger partial charge in [-0.1, -0.05) is 35.9 Å². The van der Waals surface area contributed by atoms with Crippen molar-refractivity contribution in [1.82, 2.24) is 5.32 Å². The number of aryl methyl sites for hydroxylation is 1. The zero-order chi connectivity index (χ0) is 17.7. The molecule has 1 atom stereocenters. The van der Waals surface area contributed by atoms with Crippen molar-refractivity contribution in [3.63, 3.8) is 0 Å². The first-order valence-corrected chi connectivity index (χ1v) is 9.65. The Labute approximate surface area is 152 Å². The summed E-state index contributed by atoms with van der Waals surface area (Å²) in [4.78, 5) is 13.7. The van der Waals surface area contributed by atoms with Gasteiger partial charge >= 0.3 is 0 Å². The third kappa shape index (κ3) is 4.28. The third-order valence-electron chi connectivity index (χ3n) is 4.87. The molecule has 25 heavy (non-hydrogen) atoms. The maximum absolute atomic E-state index is 12.4. The van der Waals surface area contributed by atoms with Gasteiger partial charge in [-0.25, -0.2) is 0 Å². The molecule has 0 unspecified atom stereocenters. The summed E-state index contributed by atoms with van der Waals surface area (Å²) >= 11 is 1.70. The molecule has 5 heteroatoms. The van der Waals surface area contributed by atoms with Gasteiger partial charge in [0.25, 0.3) is 5.91 Å². The fourth-order valence-electron chi connectivity index (χ4n) is 3.44. The first-order valence-electron chi connectivity index (χ1n) is 8.77. The van der Waals surface area contributed by atoms with Gasteiger partial charge in [0.05, 0.1) is 10.9 Å². The van der Waals surface area contributed by atoms with Gasteiger partial charge in [0.1, 0.15) is 11.6 Å². The number of rotatable bonds is 6. The molecule has 0 bridgehead atoms. The van der Waals surface area contributed by atoms with E-state index >= 15 is 0 Å². The smallest absolute Gasteiger partial charge is 0.276 e. The molecule has 1 aromatic carbocycles. The van der Waals surface area contributed by atoms with Crippen molar-refractivity contribution in [1.29, 1.82) is 5.26 Å². The van der Waals surface area contributed by atoms with Crippen LogP contribution in [0, 0.1) is 18.3 Å². The highest BCUT2D eigenvalue weighted by atomic mass is 32.1. The van der Waals surface area contributed by atoms with Crippen molar-refractivity contribution in [2.45, 2.75) is 44.2 Å². The van der Waals surface area contributed by atoms with Crippen LogP contribution in [0.2, 0.25) is 0 Å². The first-order chi connectivity index (χ1) is 12.1. The Bertz CT molecular complexity index is 740. The Balaban J connectivity index is 1.68. The molecule has 1 aromatic heterocycles. The molecule has 1 heterocycles. The first kappa shape index (κ1) is 17.7. The molecule has 0 aliphatic heterocycles. The molecule has 4 nitrogen and oxygen atoms in total. The fraction of sp³-hybridized carbons (Fsp3) is 0.400. The molecule has 1 saturated carbocycles. The van der Waals surface area contributed by atoms with Crippen molar-refractivity contribution in [2.75, 3.05) is 6.54 Å². The largest absolute Gasteiger partial charge is 0.333 e. The molecule has 2 aromatic rings. The van der Waals surface area contributed by atoms with Crippen molar-refractivity contribution in [2.24, 2.45) is 0 Å². The highest BCUT2D eigenvalue weighted by Crippen LogP contribution is 2.28. The Morgan fingerprint density at radius 3 is 2.64 bits per heavy atom. The quantitative estimate of drug-likeness (QED) is 0.837. The van der Waals surface area contributed by atoms with E-state index in [1.54, 1.807) is 11.3 Å². The Morgan fingerprint density at radius 1 is 1.32 bits per heavy atom. The molecule has 0 radical (unpaired) electrons. The monoisotopic (exact) mass is 354 g/mol. The van der Waals surface area contributed by atoms with Gasteiger partial charge in [-0.2, -0.15) is 5.26 Å². The number of quaternary nitrogens is 1. The van der Waals surface area contributed by atoms with Crippen LogP contribution >= 0.6 is 11.3 Å². The Hall–Kier alpha value is -2.16. The van der Waals surface area contributed by atoms with Crippen LogP contribution in [-0.2, 0) is 4.79 Å². The molecule has 3 rings (SSSR count). The number of nitrogens with two attached hydrogens (primary N) is 1. The second-order valence-electron chi connectivity index (χ2n) is 6.79. The van der Waals surface area contributed by atoms with Crippen LogP contribution in [0.15, 0.2) is 41.8 Å². The summed E-state index contributed by atoms with van der Waals surface area (Å²) in [7, 11) is 0. The van der Waals surface area contributed by atoms with E-state index in [1.807, 2.05) is 6.07 Å². The summed E-state index contributed by atoms with van der Waals surface area (Å²) < 4.78 is 0. The van der Waals surface area contributed by atoms with E-state index in [4.69, 9.17) is 0 Å². The van der Waals surface area contributed by atoms with E-state index in [0.717, 1.165) is 25.7 Å². The molecular weight excluding hydrogens is 330 g/mol. The summed E-state index contributed by atoms with van der Waals surface area (Å²) in [6.07, 6.45) is 3.56. The number of hydrogen-bond acceptors (Lipinski definition) is 3. The zero-order valence-corrected chi connectivity index (χ0v) is 15.3. The lowest BCUT2D eigenvalue weighted by Crippen LogP contribution is -2.88. The topological polar surface area (TPSA) is 69.5 Å². The second kappa shape index (κ2) is 7.81. The molecule has 3 N–H and O–H groups in total. The minimum atomic E-state index is -0.646. The summed E-state index contributed by atoms with van der Waals surface area (Å²) in [5.41, 5.74) is 1.77. The number of amides is 1. The van der Waals surface area contributed by atoms with Crippen LogP contribution in [0.5, 0.6) is 0 Å². The molecule has 0 spiro atoms. The van der Waals surface area contributed by atoms with E-state index in [1.165, 1.54) is 16.0 Å². The van der Waals surface area contributed by atoms with Crippen LogP contribution in [0.1, 0.15) is 47.7 Å². The molecule has 1 aliphatic rings. The number of nitrogens with zero attached hydrogens (tertiary/aromatic N) is 1. The number of benzene rings is 1. The standard InChI is InChI=1S/C20H23N3OS/c1-15-6-8-16(9-7-15)19(17-5-4-12-25-17)22-13-18(24)23-20(14-21)10-2-3-11-20/h4-9,12,19,22H,2-3,10-11,13H2,1H3,(H,23,24)/p+1/t19-/m0/s1. The molecule has 1 aliphatic carbocycles. The van der Waals surface area contributed by atoms with Gasteiger partial charge in [-0.15, -0.1) is 11.3 Å². The predicted molar refractivity (Wildman–Crippen MR) is 99.1 cm³/mol. The maximum atomic E-state index is 12.4. The van der Waals surface area contributed by atoms with Crippen molar-refractivity contribution in [3.05, 3.63) is 57.8 Å². The summed E-state index contributed by atoms with van der Waals surface area (Å²) in [6, 6.07) is 15.0. The third-order valence-corrected chi connectivity index (χ3v) is 5.83. The van der Waals surface area contributed by atoms with E-state index in [2.05, 4.69) is 59.3 Å². The average molecular weight is 354 g/mol. The van der Waals surface area contributed by atoms with Crippen LogP contribution in [0.25, 0.3) is 0 Å². The van der Waals surface area contributed by atoms with Gasteiger partial charge in [0, 0.05) is 5.56 Å². The number of thiophene rings is 1. The number of nitriles is 1. The van der Waals surface area contributed by atoms with E-state index in [-0.39, 0.29) is 11.9 Å². The van der Waals surface area contributed by atoms with Crippen molar-refractivity contribution >= 4 is 17.2 Å². The highest BCUT2D eigenvalue weighted by Gasteiger charge is 2.35. The van der Waals surface area contributed by atoms with Gasteiger partial charge in [0.2, 0.25) is 0 Å². The van der Waals surface area contributed by atoms with E-state index in [9.17, 15) is 10.1 Å². The molecule has 1 fully saturated rings. The van der Waals surface area contributed by atoms with Crippen LogP contribution in [0.3, 0.4) is 0 Å². The average Bonchev–Trinajstić information content (AvgIpc) is 3.29. The lowest BCUT2D eigenvalue weighted by atomic mass is 10.00. The minimum Gasteiger partial charge on any atom is -0.333 e. The fourth-order valence-corrected chi connectivity index (χ4v) is 4.29. The molecular formula is C20H24N3OS+. The summed E-state index contributed by atoms with van der Waals surface area (Å²) in [5.74, 6) is -0.0582. The Kier molecular flexibility index (Phi) is 5.52. The number of carbonyl (C=O) groups is 1. The number of carbonyl (C=O) groups excluding carboxylic acids is 1. The van der Waals surface area contributed by atoms with E-state index in [0.29, 0.717) is 6.54 Å². The lowest BCUT2D eigenvalue weighted by Gasteiger charge is -2.22. The van der Waals surface area contributed by atoms with E-state index < -0.39 is 5.54 Å². The van der Waals surface area contributed by atoms with Gasteiger partial charge < -0.3 is 10.6 Å². The molecule has 0 saturated heterocycles. The number of hydrogen-bond donors (Lipinski definition) is 2. The highest BCUT2D eigenvalue weighted by molar-refractivity contribution is 7.10. The molecule has 130 valence electrons. The summed E-state index contributed by atoms with van der Waals surface area (Å²) in [6.45, 7) is 2.39. The Morgan fingerprint density at radius 2 is 2.04 bits per heavy atom. The van der Waals surface area contributed by atoms with Gasteiger partial charge in [-0.05, 0) is 44.1 Å². The minimum absolute atomic E-state index is 0.0582. The zero-order valence-electron chi connectivity index (χ0n) is 14.5. The van der Waals surface area contributed by atoms with Crippen LogP contribution < -0.4 is 10.6 Å². The van der Waals surface area contributed by atoms with Crippen molar-refractivity contribution in [3.8, 4) is 6.07 Å². The second-order valence-corrected chi connectivity index (χ2v) is 7.77. The SMILES string of the molecule is Cc1ccc([C@H]([NH2+]CC(=O)NC2(C#N)CCCC2)c2cccs2)cc1. The van der Waals surface area contributed by atoms with Crippen LogP contribution in [-0.4, -0.2) is 18.0 Å². The van der Waals surface area contributed by atoms with Gasteiger partial charge in [-0.3, -0.25) is 4.79 Å². The van der Waals surface area contributed by atoms with Gasteiger partial charge in [0.15, 0.2) is 6.54 Å². The maximum Gasteiger partial charge on any atom is 0.276 e. The molecule has 1 amide bonds. The summed E-state index contributed by atoms with van der Waals surface area (Å²) in [5, 5.41) is 16.5. The normalized spacial score (nSPS) is 17.0.